The number of ether oxygens (including phenoxy) is 1. The van der Waals surface area contributed by atoms with E-state index >= 15 is 0 Å². The van der Waals surface area contributed by atoms with Crippen LogP contribution in [0.25, 0.3) is 0 Å². The Labute approximate surface area is 145 Å². The number of hydrogen-bond acceptors (Lipinski definition) is 2. The minimum Gasteiger partial charge on any atom is -0.480 e. The first kappa shape index (κ1) is 18.1. The lowest BCUT2D eigenvalue weighted by Crippen LogP contribution is -2.33. The molecule has 0 heterocycles. The Morgan fingerprint density at radius 3 is 2.38 bits per heavy atom. The van der Waals surface area contributed by atoms with Crippen molar-refractivity contribution in [2.75, 3.05) is 5.32 Å². The summed E-state index contributed by atoms with van der Waals surface area (Å²) in [7, 11) is 0. The molecule has 0 aliphatic heterocycles. The zero-order chi connectivity index (χ0) is 17.7. The Bertz CT molecular complexity index is 722. The second-order valence-corrected chi connectivity index (χ2v) is 6.16. The van der Waals surface area contributed by atoms with Crippen LogP contribution >= 0.6 is 0 Å². The van der Waals surface area contributed by atoms with Gasteiger partial charge in [0.15, 0.2) is 6.10 Å². The van der Waals surface area contributed by atoms with Crippen molar-refractivity contribution in [1.29, 1.82) is 0 Å². The highest BCUT2D eigenvalue weighted by atomic mass is 16.5. The molecule has 3 nitrogen and oxygen atoms in total. The normalized spacial score (nSPS) is 11.9. The highest BCUT2D eigenvalue weighted by Crippen LogP contribution is 2.24. The third kappa shape index (κ3) is 3.97. The Hall–Kier alpha value is -2.29. The monoisotopic (exact) mass is 325 g/mol. The van der Waals surface area contributed by atoms with Crippen LogP contribution in [0.5, 0.6) is 5.75 Å². The summed E-state index contributed by atoms with van der Waals surface area (Å²) in [6.07, 6.45) is 0.994. The fourth-order valence-corrected chi connectivity index (χ4v) is 2.73. The van der Waals surface area contributed by atoms with E-state index in [0.29, 0.717) is 6.42 Å². The molecule has 1 amide bonds. The molecule has 1 atom stereocenters. The molecule has 0 unspecified atom stereocenters. The zero-order valence-corrected chi connectivity index (χ0v) is 15.3. The molecule has 0 bridgehead atoms. The van der Waals surface area contributed by atoms with Crippen LogP contribution in [0.2, 0.25) is 0 Å². The largest absolute Gasteiger partial charge is 0.480 e. The summed E-state index contributed by atoms with van der Waals surface area (Å²) in [4.78, 5) is 12.7. The summed E-state index contributed by atoms with van der Waals surface area (Å²) in [5.74, 6) is 0.680. The Balaban J connectivity index is 2.19. The van der Waals surface area contributed by atoms with E-state index in [4.69, 9.17) is 4.74 Å². The van der Waals surface area contributed by atoms with Crippen LogP contribution in [0.1, 0.15) is 42.5 Å². The molecule has 0 saturated heterocycles. The molecule has 24 heavy (non-hydrogen) atoms. The van der Waals surface area contributed by atoms with Crippen LogP contribution < -0.4 is 10.1 Å². The summed E-state index contributed by atoms with van der Waals surface area (Å²) in [6, 6.07) is 12.0. The van der Waals surface area contributed by atoms with Crippen molar-refractivity contribution < 1.29 is 9.53 Å². The lowest BCUT2D eigenvalue weighted by Gasteiger charge is -2.21. The molecular formula is C21H27NO2. The molecule has 0 spiro atoms. The Morgan fingerprint density at radius 1 is 1.04 bits per heavy atom. The van der Waals surface area contributed by atoms with E-state index < -0.39 is 6.10 Å². The molecule has 0 fully saturated rings. The Morgan fingerprint density at radius 2 is 1.71 bits per heavy atom. The summed E-state index contributed by atoms with van der Waals surface area (Å²) in [6.45, 7) is 10.1. The van der Waals surface area contributed by atoms with Gasteiger partial charge in [-0.15, -0.1) is 0 Å². The number of para-hydroxylation sites is 1. The number of carbonyl (C=O) groups excluding carboxylic acids is 1. The van der Waals surface area contributed by atoms with E-state index in [1.807, 2.05) is 58.0 Å². The van der Waals surface area contributed by atoms with E-state index in [1.165, 1.54) is 0 Å². The van der Waals surface area contributed by atoms with E-state index in [0.717, 1.165) is 40.1 Å². The number of nitrogens with one attached hydrogen (secondary N) is 1. The summed E-state index contributed by atoms with van der Waals surface area (Å²) in [5.41, 5.74) is 5.37. The number of aryl methyl sites for hydroxylation is 3. The van der Waals surface area contributed by atoms with Gasteiger partial charge in [0.2, 0.25) is 0 Å². The molecule has 0 saturated carbocycles. The van der Waals surface area contributed by atoms with Gasteiger partial charge in [-0.25, -0.2) is 0 Å². The predicted octanol–water partition coefficient (Wildman–Crippen LogP) is 4.97. The van der Waals surface area contributed by atoms with E-state index in [1.54, 1.807) is 0 Å². The predicted molar refractivity (Wildman–Crippen MR) is 99.8 cm³/mol. The second-order valence-electron chi connectivity index (χ2n) is 6.16. The zero-order valence-electron chi connectivity index (χ0n) is 15.3. The van der Waals surface area contributed by atoms with Crippen LogP contribution in [-0.2, 0) is 11.2 Å². The Kier molecular flexibility index (Phi) is 6.02. The molecule has 0 aliphatic carbocycles. The third-order valence-corrected chi connectivity index (χ3v) is 4.48. The van der Waals surface area contributed by atoms with Gasteiger partial charge in [0.25, 0.3) is 5.91 Å². The van der Waals surface area contributed by atoms with Crippen molar-refractivity contribution in [3.05, 3.63) is 58.7 Å². The van der Waals surface area contributed by atoms with Gasteiger partial charge in [-0.1, -0.05) is 44.2 Å². The molecule has 1 N–H and O–H groups in total. The van der Waals surface area contributed by atoms with Gasteiger partial charge in [0, 0.05) is 5.69 Å². The SMILES string of the molecule is CCc1cccc(C)c1NC(=O)[C@H](CC)Oc1cccc(C)c1C. The van der Waals surface area contributed by atoms with Gasteiger partial charge in [-0.05, 0) is 61.9 Å². The smallest absolute Gasteiger partial charge is 0.265 e. The lowest BCUT2D eigenvalue weighted by atomic mass is 10.1. The fourth-order valence-electron chi connectivity index (χ4n) is 2.73. The minimum atomic E-state index is -0.505. The molecule has 2 aromatic rings. The molecular weight excluding hydrogens is 298 g/mol. The van der Waals surface area contributed by atoms with Gasteiger partial charge in [0.1, 0.15) is 5.75 Å². The number of benzene rings is 2. The van der Waals surface area contributed by atoms with Gasteiger partial charge in [-0.2, -0.15) is 0 Å². The number of anilines is 1. The number of amides is 1. The van der Waals surface area contributed by atoms with Crippen molar-refractivity contribution >= 4 is 11.6 Å². The highest BCUT2D eigenvalue weighted by molar-refractivity contribution is 5.95. The van der Waals surface area contributed by atoms with Crippen LogP contribution in [-0.4, -0.2) is 12.0 Å². The maximum Gasteiger partial charge on any atom is 0.265 e. The highest BCUT2D eigenvalue weighted by Gasteiger charge is 2.21. The quantitative estimate of drug-likeness (QED) is 0.814. The minimum absolute atomic E-state index is 0.0950. The molecule has 2 aromatic carbocycles. The molecule has 3 heteroatoms. The number of rotatable bonds is 6. The van der Waals surface area contributed by atoms with Gasteiger partial charge < -0.3 is 10.1 Å². The van der Waals surface area contributed by atoms with E-state index in [9.17, 15) is 4.79 Å². The summed E-state index contributed by atoms with van der Waals surface area (Å²) in [5, 5.41) is 3.07. The molecule has 0 aliphatic rings. The lowest BCUT2D eigenvalue weighted by molar-refractivity contribution is -0.122. The van der Waals surface area contributed by atoms with E-state index in [2.05, 4.69) is 18.3 Å². The average molecular weight is 325 g/mol. The first-order valence-corrected chi connectivity index (χ1v) is 8.60. The third-order valence-electron chi connectivity index (χ3n) is 4.48. The van der Waals surface area contributed by atoms with E-state index in [-0.39, 0.29) is 5.91 Å². The maximum atomic E-state index is 12.7. The molecule has 0 aromatic heterocycles. The van der Waals surface area contributed by atoms with Crippen molar-refractivity contribution in [3.8, 4) is 5.75 Å². The van der Waals surface area contributed by atoms with Crippen molar-refractivity contribution in [2.45, 2.75) is 53.6 Å². The van der Waals surface area contributed by atoms with Crippen LogP contribution in [0, 0.1) is 20.8 Å². The van der Waals surface area contributed by atoms with Gasteiger partial charge >= 0.3 is 0 Å². The van der Waals surface area contributed by atoms with Gasteiger partial charge in [-0.3, -0.25) is 4.79 Å². The second kappa shape index (κ2) is 8.00. The molecule has 2 rings (SSSR count). The van der Waals surface area contributed by atoms with Crippen molar-refractivity contribution in [1.82, 2.24) is 0 Å². The average Bonchev–Trinajstić information content (AvgIpc) is 2.57. The van der Waals surface area contributed by atoms with Crippen molar-refractivity contribution in [3.63, 3.8) is 0 Å². The van der Waals surface area contributed by atoms with Crippen LogP contribution in [0.15, 0.2) is 36.4 Å². The first-order chi connectivity index (χ1) is 11.5. The number of carbonyl (C=O) groups is 1. The number of hydrogen-bond donors (Lipinski definition) is 1. The van der Waals surface area contributed by atoms with Crippen LogP contribution in [0.3, 0.4) is 0 Å². The summed E-state index contributed by atoms with van der Waals surface area (Å²) >= 11 is 0. The van der Waals surface area contributed by atoms with Gasteiger partial charge in [0.05, 0.1) is 0 Å². The standard InChI is InChI=1S/C21H27NO2/c1-6-17-12-8-11-15(4)20(17)22-21(23)18(7-2)24-19-13-9-10-14(3)16(19)5/h8-13,18H,6-7H2,1-5H3,(H,22,23)/t18-/m0/s1. The first-order valence-electron chi connectivity index (χ1n) is 8.60. The molecule has 128 valence electrons. The molecule has 0 radical (unpaired) electrons. The van der Waals surface area contributed by atoms with Crippen LogP contribution in [0.4, 0.5) is 5.69 Å². The topological polar surface area (TPSA) is 38.3 Å². The maximum absolute atomic E-state index is 12.7. The van der Waals surface area contributed by atoms with Crippen molar-refractivity contribution in [2.24, 2.45) is 0 Å². The summed E-state index contributed by atoms with van der Waals surface area (Å²) < 4.78 is 6.01. The fraction of sp³-hybridized carbons (Fsp3) is 0.381.